The van der Waals surface area contributed by atoms with E-state index in [-0.39, 0.29) is 17.3 Å². The Morgan fingerprint density at radius 3 is 2.68 bits per heavy atom. The van der Waals surface area contributed by atoms with Crippen LogP contribution in [0.15, 0.2) is 40.6 Å². The minimum atomic E-state index is -4.46. The largest absolute Gasteiger partial charge is 0.416 e. The number of hydrogen-bond donors (Lipinski definition) is 1. The van der Waals surface area contributed by atoms with Crippen molar-refractivity contribution >= 4 is 27.3 Å². The number of nitrogens with zero attached hydrogens (tertiary/aromatic N) is 1. The van der Waals surface area contributed by atoms with E-state index in [0.717, 1.165) is 28.3 Å². The van der Waals surface area contributed by atoms with E-state index in [4.69, 9.17) is 0 Å². The Labute approximate surface area is 165 Å². The highest BCUT2D eigenvalue weighted by atomic mass is 32.2. The number of hydrogen-bond acceptors (Lipinski definition) is 4. The highest BCUT2D eigenvalue weighted by Crippen LogP contribution is 2.31. The van der Waals surface area contributed by atoms with Crippen LogP contribution < -0.4 is 5.32 Å². The van der Waals surface area contributed by atoms with Crippen molar-refractivity contribution in [2.45, 2.75) is 42.7 Å². The summed E-state index contributed by atoms with van der Waals surface area (Å²) in [5.74, 6) is -0.508. The Balaban J connectivity index is 1.70. The summed E-state index contributed by atoms with van der Waals surface area (Å²) in [6.07, 6.45) is -3.54. The third-order valence-corrected chi connectivity index (χ3v) is 7.88. The molecule has 1 atom stereocenters. The van der Waals surface area contributed by atoms with Crippen LogP contribution in [0.3, 0.4) is 0 Å². The van der Waals surface area contributed by atoms with Crippen molar-refractivity contribution in [1.29, 1.82) is 0 Å². The number of aryl methyl sites for hydroxylation is 1. The van der Waals surface area contributed by atoms with Crippen molar-refractivity contribution in [2.75, 3.05) is 6.54 Å². The summed E-state index contributed by atoms with van der Waals surface area (Å²) in [5, 5.41) is 2.57. The second-order valence-corrected chi connectivity index (χ2v) is 9.96. The van der Waals surface area contributed by atoms with Gasteiger partial charge in [0.15, 0.2) is 0 Å². The van der Waals surface area contributed by atoms with Crippen molar-refractivity contribution in [1.82, 2.24) is 9.62 Å². The Bertz CT molecular complexity index is 970. The monoisotopic (exact) mass is 432 g/mol. The van der Waals surface area contributed by atoms with E-state index in [1.807, 2.05) is 0 Å². The molecule has 152 valence electrons. The van der Waals surface area contributed by atoms with Crippen LogP contribution in [0.2, 0.25) is 0 Å². The first-order valence-electron chi connectivity index (χ1n) is 8.61. The smallest absolute Gasteiger partial charge is 0.351 e. The highest BCUT2D eigenvalue weighted by Gasteiger charge is 2.40. The number of nitrogens with one attached hydrogen (secondary N) is 1. The van der Waals surface area contributed by atoms with E-state index in [1.165, 1.54) is 22.5 Å². The summed E-state index contributed by atoms with van der Waals surface area (Å²) >= 11 is 1.14. The normalized spacial score (nSPS) is 18.4. The minimum Gasteiger partial charge on any atom is -0.351 e. The van der Waals surface area contributed by atoms with E-state index in [0.29, 0.717) is 18.4 Å². The van der Waals surface area contributed by atoms with Crippen LogP contribution in [0.1, 0.15) is 28.8 Å². The molecule has 0 aliphatic carbocycles. The molecule has 1 aromatic heterocycles. The topological polar surface area (TPSA) is 66.5 Å². The van der Waals surface area contributed by atoms with Crippen LogP contribution in [-0.4, -0.2) is 31.2 Å². The first kappa shape index (κ1) is 20.8. The summed E-state index contributed by atoms with van der Waals surface area (Å²) in [6.45, 7) is 1.93. The van der Waals surface area contributed by atoms with Gasteiger partial charge in [-0.2, -0.15) is 17.5 Å². The number of amides is 1. The highest BCUT2D eigenvalue weighted by molar-refractivity contribution is 7.91. The Morgan fingerprint density at radius 2 is 2.04 bits per heavy atom. The van der Waals surface area contributed by atoms with Crippen molar-refractivity contribution < 1.29 is 26.4 Å². The third kappa shape index (κ3) is 4.39. The molecule has 0 bridgehead atoms. The van der Waals surface area contributed by atoms with Crippen LogP contribution in [0.25, 0.3) is 0 Å². The van der Waals surface area contributed by atoms with Gasteiger partial charge in [0.25, 0.3) is 10.0 Å². The molecule has 1 aliphatic heterocycles. The van der Waals surface area contributed by atoms with E-state index >= 15 is 0 Å². The molecule has 28 heavy (non-hydrogen) atoms. The molecule has 1 aliphatic rings. The van der Waals surface area contributed by atoms with Gasteiger partial charge in [-0.1, -0.05) is 12.1 Å². The van der Waals surface area contributed by atoms with Crippen LogP contribution in [0, 0.1) is 6.92 Å². The van der Waals surface area contributed by atoms with Crippen molar-refractivity contribution in [3.8, 4) is 0 Å². The van der Waals surface area contributed by atoms with Crippen molar-refractivity contribution in [3.05, 3.63) is 52.4 Å². The molecule has 2 aromatic rings. The van der Waals surface area contributed by atoms with E-state index in [2.05, 4.69) is 5.32 Å². The minimum absolute atomic E-state index is 0.106. The number of carbonyl (C=O) groups is 1. The molecule has 0 unspecified atom stereocenters. The number of alkyl halides is 3. The zero-order chi connectivity index (χ0) is 20.5. The lowest BCUT2D eigenvalue weighted by Gasteiger charge is -2.22. The number of halogens is 3. The molecule has 1 amide bonds. The molecule has 1 aromatic carbocycles. The van der Waals surface area contributed by atoms with E-state index < -0.39 is 33.7 Å². The predicted octanol–water partition coefficient (Wildman–Crippen LogP) is 3.54. The Hall–Kier alpha value is -1.91. The van der Waals surface area contributed by atoms with Gasteiger partial charge in [0.05, 0.1) is 5.56 Å². The first-order chi connectivity index (χ1) is 13.1. The van der Waals surface area contributed by atoms with Gasteiger partial charge >= 0.3 is 6.18 Å². The third-order valence-electron chi connectivity index (χ3n) is 4.51. The maximum absolute atomic E-state index is 12.8. The molecule has 1 fully saturated rings. The summed E-state index contributed by atoms with van der Waals surface area (Å²) in [4.78, 5) is 13.4. The predicted molar refractivity (Wildman–Crippen MR) is 99.3 cm³/mol. The molecular weight excluding hydrogens is 413 g/mol. The fraction of sp³-hybridized carbons (Fsp3) is 0.389. The van der Waals surface area contributed by atoms with Gasteiger partial charge in [-0.3, -0.25) is 4.79 Å². The average molecular weight is 432 g/mol. The lowest BCUT2D eigenvalue weighted by molar-refractivity contribution is -0.137. The SMILES string of the molecule is Cc1ccc(S(=O)(=O)N2CCC[C@H]2C(=O)NCc2cccc(C(F)(F)F)c2)s1. The fourth-order valence-corrected chi connectivity index (χ4v) is 6.19. The molecular formula is C18H19F3N2O3S2. The summed E-state index contributed by atoms with van der Waals surface area (Å²) < 4.78 is 65.4. The van der Waals surface area contributed by atoms with Gasteiger partial charge in [-0.15, -0.1) is 11.3 Å². The molecule has 0 saturated carbocycles. The van der Waals surface area contributed by atoms with Crippen LogP contribution in [-0.2, 0) is 27.5 Å². The molecule has 1 saturated heterocycles. The Morgan fingerprint density at radius 1 is 1.29 bits per heavy atom. The number of carbonyl (C=O) groups excluding carboxylic acids is 1. The Kier molecular flexibility index (Phi) is 5.83. The van der Waals surface area contributed by atoms with Gasteiger partial charge in [-0.05, 0) is 49.6 Å². The second-order valence-electron chi connectivity index (χ2n) is 6.55. The molecule has 0 spiro atoms. The maximum atomic E-state index is 12.8. The zero-order valence-electron chi connectivity index (χ0n) is 15.0. The number of sulfonamides is 1. The number of thiophene rings is 1. The summed E-state index contributed by atoms with van der Waals surface area (Å²) in [6, 6.07) is 7.04. The van der Waals surface area contributed by atoms with Crippen LogP contribution in [0.5, 0.6) is 0 Å². The maximum Gasteiger partial charge on any atom is 0.416 e. The van der Waals surface area contributed by atoms with Crippen molar-refractivity contribution in [2.24, 2.45) is 0 Å². The molecule has 0 radical (unpaired) electrons. The average Bonchev–Trinajstić information content (AvgIpc) is 3.29. The second kappa shape index (κ2) is 7.84. The molecule has 1 N–H and O–H groups in total. The first-order valence-corrected chi connectivity index (χ1v) is 10.9. The zero-order valence-corrected chi connectivity index (χ0v) is 16.6. The summed E-state index contributed by atoms with van der Waals surface area (Å²) in [7, 11) is -3.78. The van der Waals surface area contributed by atoms with E-state index in [9.17, 15) is 26.4 Å². The van der Waals surface area contributed by atoms with Gasteiger partial charge in [-0.25, -0.2) is 8.42 Å². The van der Waals surface area contributed by atoms with Gasteiger partial charge in [0, 0.05) is 18.0 Å². The molecule has 5 nitrogen and oxygen atoms in total. The standard InChI is InChI=1S/C18H19F3N2O3S2/c1-12-7-8-16(27-12)28(25,26)23-9-3-6-15(23)17(24)22-11-13-4-2-5-14(10-13)18(19,20)21/h2,4-5,7-8,10,15H,3,6,9,11H2,1H3,(H,22,24)/t15-/m0/s1. The molecule has 3 rings (SSSR count). The summed E-state index contributed by atoms with van der Waals surface area (Å²) in [5.41, 5.74) is -0.498. The van der Waals surface area contributed by atoms with Crippen molar-refractivity contribution in [3.63, 3.8) is 0 Å². The van der Waals surface area contributed by atoms with Gasteiger partial charge in [0.1, 0.15) is 10.3 Å². The van der Waals surface area contributed by atoms with Crippen LogP contribution >= 0.6 is 11.3 Å². The number of rotatable bonds is 5. The molecule has 2 heterocycles. The van der Waals surface area contributed by atoms with Gasteiger partial charge in [0.2, 0.25) is 5.91 Å². The number of benzene rings is 1. The quantitative estimate of drug-likeness (QED) is 0.786. The van der Waals surface area contributed by atoms with E-state index in [1.54, 1.807) is 13.0 Å². The molecule has 10 heteroatoms. The van der Waals surface area contributed by atoms with Gasteiger partial charge < -0.3 is 5.32 Å². The van der Waals surface area contributed by atoms with Crippen LogP contribution in [0.4, 0.5) is 13.2 Å². The lowest BCUT2D eigenvalue weighted by atomic mass is 10.1. The lowest BCUT2D eigenvalue weighted by Crippen LogP contribution is -2.45. The fourth-order valence-electron chi connectivity index (χ4n) is 3.12.